The molecule has 1 aromatic heterocycles. The Morgan fingerprint density at radius 2 is 1.77 bits per heavy atom. The molecule has 0 aliphatic carbocycles. The van der Waals surface area contributed by atoms with Crippen LogP contribution in [0.5, 0.6) is 11.5 Å². The highest BCUT2D eigenvalue weighted by atomic mass is 16.6. The number of rotatable bonds is 5. The van der Waals surface area contributed by atoms with Crippen molar-refractivity contribution in [3.05, 3.63) is 24.1 Å². The number of aliphatic hydroxyl groups excluding tert-OH is 4. The Bertz CT molecular complexity index is 750. The third-order valence-corrected chi connectivity index (χ3v) is 4.22. The molecule has 1 aromatic carbocycles. The molecule has 0 unspecified atom stereocenters. The van der Waals surface area contributed by atoms with Crippen LogP contribution in [0.25, 0.3) is 11.4 Å². The summed E-state index contributed by atoms with van der Waals surface area (Å²) in [6.45, 7) is -0.544. The van der Waals surface area contributed by atoms with Crippen molar-refractivity contribution in [3.63, 3.8) is 0 Å². The molecule has 1 fully saturated rings. The second-order valence-electron chi connectivity index (χ2n) is 5.78. The summed E-state index contributed by atoms with van der Waals surface area (Å²) in [5, 5.41) is 42.9. The van der Waals surface area contributed by atoms with Gasteiger partial charge in [0.25, 0.3) is 5.89 Å². The van der Waals surface area contributed by atoms with Crippen molar-refractivity contribution in [1.82, 2.24) is 10.1 Å². The Morgan fingerprint density at radius 3 is 2.42 bits per heavy atom. The molecule has 1 aliphatic rings. The van der Waals surface area contributed by atoms with Gasteiger partial charge in [-0.1, -0.05) is 5.16 Å². The van der Waals surface area contributed by atoms with E-state index in [1.165, 1.54) is 14.2 Å². The summed E-state index contributed by atoms with van der Waals surface area (Å²) in [7, 11) is 3.01. The molecule has 2 aromatic rings. The van der Waals surface area contributed by atoms with Crippen LogP contribution in [-0.2, 0) is 4.74 Å². The molecule has 2 heterocycles. The molecule has 10 heteroatoms. The van der Waals surface area contributed by atoms with E-state index in [0.717, 1.165) is 0 Å². The van der Waals surface area contributed by atoms with Crippen molar-refractivity contribution >= 4 is 0 Å². The van der Waals surface area contributed by atoms with E-state index in [2.05, 4.69) is 10.1 Å². The van der Waals surface area contributed by atoms with E-state index in [9.17, 15) is 20.4 Å². The van der Waals surface area contributed by atoms with Gasteiger partial charge in [-0.2, -0.15) is 4.98 Å². The van der Waals surface area contributed by atoms with Crippen molar-refractivity contribution in [3.8, 4) is 22.9 Å². The van der Waals surface area contributed by atoms with Crippen LogP contribution in [0.4, 0.5) is 0 Å². The number of ether oxygens (including phenoxy) is 3. The minimum absolute atomic E-state index is 0.0910. The molecular weight excluding hydrogens is 348 g/mol. The SMILES string of the molecule is COc1ccc(-c2noc([C@@H]3O[C@H](CO)[C@H](O)[C@H](O)[C@H]3O)n2)cc1OC. The molecule has 0 bridgehead atoms. The van der Waals surface area contributed by atoms with Crippen molar-refractivity contribution in [2.24, 2.45) is 0 Å². The van der Waals surface area contributed by atoms with Crippen LogP contribution in [0.2, 0.25) is 0 Å². The fraction of sp³-hybridized carbons (Fsp3) is 0.500. The average Bonchev–Trinajstić information content (AvgIpc) is 3.15. The molecule has 26 heavy (non-hydrogen) atoms. The highest BCUT2D eigenvalue weighted by Gasteiger charge is 2.46. The highest BCUT2D eigenvalue weighted by molar-refractivity contribution is 5.60. The summed E-state index contributed by atoms with van der Waals surface area (Å²) in [6, 6.07) is 5.03. The summed E-state index contributed by atoms with van der Waals surface area (Å²) in [5.74, 6) is 1.13. The van der Waals surface area contributed by atoms with Gasteiger partial charge >= 0.3 is 0 Å². The van der Waals surface area contributed by atoms with Gasteiger partial charge in [0.1, 0.15) is 24.4 Å². The molecule has 0 spiro atoms. The van der Waals surface area contributed by atoms with E-state index in [1.54, 1.807) is 18.2 Å². The molecule has 1 saturated heterocycles. The average molecular weight is 368 g/mol. The second kappa shape index (κ2) is 7.56. The zero-order valence-electron chi connectivity index (χ0n) is 14.1. The third-order valence-electron chi connectivity index (χ3n) is 4.22. The van der Waals surface area contributed by atoms with Gasteiger partial charge in [0, 0.05) is 5.56 Å². The minimum atomic E-state index is -1.53. The van der Waals surface area contributed by atoms with Crippen molar-refractivity contribution < 1.29 is 39.2 Å². The Balaban J connectivity index is 1.88. The lowest BCUT2D eigenvalue weighted by molar-refractivity contribution is -0.237. The third kappa shape index (κ3) is 3.24. The van der Waals surface area contributed by atoms with Gasteiger partial charge in [-0.05, 0) is 18.2 Å². The number of hydrogen-bond acceptors (Lipinski definition) is 10. The normalized spacial score (nSPS) is 28.8. The summed E-state index contributed by atoms with van der Waals surface area (Å²) in [4.78, 5) is 4.18. The molecule has 0 radical (unpaired) electrons. The smallest absolute Gasteiger partial charge is 0.258 e. The largest absolute Gasteiger partial charge is 0.493 e. The summed E-state index contributed by atoms with van der Waals surface area (Å²) >= 11 is 0. The number of aliphatic hydroxyl groups is 4. The zero-order valence-corrected chi connectivity index (χ0v) is 14.1. The van der Waals surface area contributed by atoms with Gasteiger partial charge in [0.05, 0.1) is 20.8 Å². The lowest BCUT2D eigenvalue weighted by atomic mass is 9.95. The minimum Gasteiger partial charge on any atom is -0.493 e. The van der Waals surface area contributed by atoms with Gasteiger partial charge in [-0.15, -0.1) is 0 Å². The second-order valence-corrected chi connectivity index (χ2v) is 5.78. The van der Waals surface area contributed by atoms with Gasteiger partial charge in [0.2, 0.25) is 5.82 Å². The number of hydrogen-bond donors (Lipinski definition) is 4. The van der Waals surface area contributed by atoms with E-state index >= 15 is 0 Å². The van der Waals surface area contributed by atoms with Gasteiger partial charge in [-0.3, -0.25) is 0 Å². The number of benzene rings is 1. The van der Waals surface area contributed by atoms with E-state index in [4.69, 9.17) is 18.7 Å². The molecule has 1 aliphatic heterocycles. The summed E-state index contributed by atoms with van der Waals surface area (Å²) < 4.78 is 20.9. The molecule has 142 valence electrons. The fourth-order valence-corrected chi connectivity index (χ4v) is 2.75. The first kappa shape index (κ1) is 18.5. The zero-order chi connectivity index (χ0) is 18.8. The standard InChI is InChI=1S/C16H20N2O8/c1-23-8-4-3-7(5-9(8)24-2)15-17-16(26-18-15)14-13(22)12(21)11(20)10(6-19)25-14/h3-5,10-14,19-22H,6H2,1-2H3/t10-,11+,12+,13-,14-/m1/s1. The molecule has 0 amide bonds. The molecule has 3 rings (SSSR count). The number of nitrogens with zero attached hydrogens (tertiary/aromatic N) is 2. The molecule has 5 atom stereocenters. The predicted octanol–water partition coefficient (Wildman–Crippen LogP) is -0.731. The van der Waals surface area contributed by atoms with E-state index in [1.807, 2.05) is 0 Å². The lowest BCUT2D eigenvalue weighted by Gasteiger charge is -2.38. The van der Waals surface area contributed by atoms with E-state index in [-0.39, 0.29) is 11.7 Å². The Morgan fingerprint density at radius 1 is 1.04 bits per heavy atom. The first-order valence-electron chi connectivity index (χ1n) is 7.86. The van der Waals surface area contributed by atoms with Crippen molar-refractivity contribution in [2.75, 3.05) is 20.8 Å². The van der Waals surface area contributed by atoms with Crippen molar-refractivity contribution in [2.45, 2.75) is 30.5 Å². The van der Waals surface area contributed by atoms with Crippen molar-refractivity contribution in [1.29, 1.82) is 0 Å². The summed E-state index contributed by atoms with van der Waals surface area (Å²) in [5.41, 5.74) is 0.572. The summed E-state index contributed by atoms with van der Waals surface area (Å²) in [6.07, 6.45) is -6.73. The van der Waals surface area contributed by atoms with Crippen LogP contribution in [-0.4, -0.2) is 75.8 Å². The lowest BCUT2D eigenvalue weighted by Crippen LogP contribution is -2.55. The molecule has 4 N–H and O–H groups in total. The Labute approximate surface area is 148 Å². The quantitative estimate of drug-likeness (QED) is 0.532. The Kier molecular flexibility index (Phi) is 5.39. The van der Waals surface area contributed by atoms with E-state index < -0.39 is 37.1 Å². The van der Waals surface area contributed by atoms with Gasteiger partial charge in [-0.25, -0.2) is 0 Å². The van der Waals surface area contributed by atoms with Crippen LogP contribution in [0.3, 0.4) is 0 Å². The Hall–Kier alpha value is -2.24. The van der Waals surface area contributed by atoms with E-state index in [0.29, 0.717) is 17.1 Å². The topological polar surface area (TPSA) is 148 Å². The van der Waals surface area contributed by atoms with Gasteiger partial charge < -0.3 is 39.2 Å². The molecule has 0 saturated carbocycles. The maximum absolute atomic E-state index is 10.1. The molecule has 10 nitrogen and oxygen atoms in total. The first-order valence-corrected chi connectivity index (χ1v) is 7.86. The fourth-order valence-electron chi connectivity index (χ4n) is 2.75. The van der Waals surface area contributed by atoms with Crippen LogP contribution in [0, 0.1) is 0 Å². The molecular formula is C16H20N2O8. The number of aromatic nitrogens is 2. The van der Waals surface area contributed by atoms with Crippen LogP contribution >= 0.6 is 0 Å². The first-order chi connectivity index (χ1) is 12.5. The highest BCUT2D eigenvalue weighted by Crippen LogP contribution is 2.34. The maximum Gasteiger partial charge on any atom is 0.258 e. The van der Waals surface area contributed by atoms with Crippen LogP contribution < -0.4 is 9.47 Å². The number of methoxy groups -OCH3 is 2. The van der Waals surface area contributed by atoms with Crippen LogP contribution in [0.15, 0.2) is 22.7 Å². The van der Waals surface area contributed by atoms with Gasteiger partial charge in [0.15, 0.2) is 17.6 Å². The predicted molar refractivity (Wildman–Crippen MR) is 85.6 cm³/mol. The monoisotopic (exact) mass is 368 g/mol. The van der Waals surface area contributed by atoms with Crippen LogP contribution in [0.1, 0.15) is 12.0 Å². The maximum atomic E-state index is 10.1.